The minimum Gasteiger partial charge on any atom is -0.429 e. The number of aldehydes is 1. The van der Waals surface area contributed by atoms with Gasteiger partial charge < -0.3 is 9.53 Å². The van der Waals surface area contributed by atoms with E-state index in [2.05, 4.69) is 0 Å². The smallest absolute Gasteiger partial charge is 0.298 e. The van der Waals surface area contributed by atoms with Crippen molar-refractivity contribution < 1.29 is 14.3 Å². The third kappa shape index (κ3) is 3.39. The predicted molar refractivity (Wildman–Crippen MR) is 52.1 cm³/mol. The topological polar surface area (TPSA) is 43.4 Å². The van der Waals surface area contributed by atoms with Crippen LogP contribution in [-0.4, -0.2) is 12.8 Å². The number of hydrogen-bond donors (Lipinski definition) is 0. The quantitative estimate of drug-likeness (QED) is 0.509. The van der Waals surface area contributed by atoms with E-state index in [1.54, 1.807) is 12.1 Å². The third-order valence-corrected chi connectivity index (χ3v) is 1.87. The molecule has 0 bridgehead atoms. The molecule has 74 valence electrons. The zero-order valence-electron chi connectivity index (χ0n) is 7.81. The van der Waals surface area contributed by atoms with Crippen molar-refractivity contribution in [3.8, 4) is 5.75 Å². The van der Waals surface area contributed by atoms with E-state index in [-0.39, 0.29) is 0 Å². The second-order valence-electron chi connectivity index (χ2n) is 2.92. The van der Waals surface area contributed by atoms with Gasteiger partial charge in [0.1, 0.15) is 12.0 Å². The second kappa shape index (κ2) is 5.91. The van der Waals surface area contributed by atoms with Crippen LogP contribution in [0.2, 0.25) is 0 Å². The summed E-state index contributed by atoms with van der Waals surface area (Å²) in [7, 11) is 0. The molecule has 0 fully saturated rings. The maximum Gasteiger partial charge on any atom is 0.298 e. The first-order chi connectivity index (χ1) is 6.86. The fraction of sp³-hybridized carbons (Fsp3) is 0.273. The van der Waals surface area contributed by atoms with E-state index in [0.717, 1.165) is 24.7 Å². The summed E-state index contributed by atoms with van der Waals surface area (Å²) in [6.07, 6.45) is 3.13. The number of rotatable bonds is 6. The molecule has 0 N–H and O–H groups in total. The molecule has 14 heavy (non-hydrogen) atoms. The van der Waals surface area contributed by atoms with Gasteiger partial charge in [0.2, 0.25) is 0 Å². The Morgan fingerprint density at radius 2 is 2.14 bits per heavy atom. The molecular formula is C11H12O3. The summed E-state index contributed by atoms with van der Waals surface area (Å²) in [5.41, 5.74) is 1.08. The molecule has 0 atom stereocenters. The van der Waals surface area contributed by atoms with Gasteiger partial charge in [0.25, 0.3) is 6.47 Å². The van der Waals surface area contributed by atoms with Crippen molar-refractivity contribution in [3.05, 3.63) is 29.8 Å². The molecule has 0 saturated heterocycles. The first-order valence-electron chi connectivity index (χ1n) is 4.49. The van der Waals surface area contributed by atoms with E-state index in [1.807, 2.05) is 12.1 Å². The number of carbonyl (C=O) groups is 2. The van der Waals surface area contributed by atoms with Gasteiger partial charge in [0.15, 0.2) is 0 Å². The maximum atomic E-state index is 10.1. The fourth-order valence-corrected chi connectivity index (χ4v) is 1.22. The van der Waals surface area contributed by atoms with Gasteiger partial charge in [-0.15, -0.1) is 0 Å². The number of ether oxygens (including phenoxy) is 1. The maximum absolute atomic E-state index is 10.1. The number of unbranched alkanes of at least 4 members (excludes halogenated alkanes) is 1. The van der Waals surface area contributed by atoms with Gasteiger partial charge in [0.05, 0.1) is 0 Å². The van der Waals surface area contributed by atoms with Gasteiger partial charge in [0, 0.05) is 6.42 Å². The molecule has 0 amide bonds. The molecule has 3 nitrogen and oxygen atoms in total. The first-order valence-corrected chi connectivity index (χ1v) is 4.49. The molecular weight excluding hydrogens is 180 g/mol. The molecule has 0 radical (unpaired) electrons. The van der Waals surface area contributed by atoms with Crippen LogP contribution in [0.1, 0.15) is 18.4 Å². The normalized spacial score (nSPS) is 9.43. The van der Waals surface area contributed by atoms with Crippen LogP contribution < -0.4 is 4.74 Å². The lowest BCUT2D eigenvalue weighted by molar-refractivity contribution is -0.120. The summed E-state index contributed by atoms with van der Waals surface area (Å²) < 4.78 is 4.70. The molecule has 0 aliphatic heterocycles. The Hall–Kier alpha value is -1.64. The van der Waals surface area contributed by atoms with Crippen LogP contribution in [-0.2, 0) is 16.0 Å². The van der Waals surface area contributed by atoms with Crippen molar-refractivity contribution in [3.63, 3.8) is 0 Å². The monoisotopic (exact) mass is 192 g/mol. The van der Waals surface area contributed by atoms with Gasteiger partial charge in [-0.1, -0.05) is 12.1 Å². The van der Waals surface area contributed by atoms with Crippen LogP contribution in [0.25, 0.3) is 0 Å². The first kappa shape index (κ1) is 10.4. The Bertz CT molecular complexity index is 307. The molecule has 0 aliphatic carbocycles. The number of hydrogen-bond acceptors (Lipinski definition) is 3. The molecule has 0 unspecified atom stereocenters. The highest BCUT2D eigenvalue weighted by atomic mass is 16.5. The fourth-order valence-electron chi connectivity index (χ4n) is 1.22. The molecule has 1 aromatic carbocycles. The molecule has 0 spiro atoms. The molecule has 0 heterocycles. The highest BCUT2D eigenvalue weighted by Gasteiger charge is 1.96. The standard InChI is InChI=1S/C11H12O3/c12-7-2-1-4-10-5-3-6-11(8-10)14-9-13/h3,5-9H,1-2,4H2. The van der Waals surface area contributed by atoms with Crippen molar-refractivity contribution in [2.45, 2.75) is 19.3 Å². The Morgan fingerprint density at radius 3 is 2.86 bits per heavy atom. The molecule has 0 aliphatic rings. The van der Waals surface area contributed by atoms with Crippen molar-refractivity contribution in [2.75, 3.05) is 0 Å². The van der Waals surface area contributed by atoms with Crippen LogP contribution in [0, 0.1) is 0 Å². The van der Waals surface area contributed by atoms with Gasteiger partial charge in [-0.2, -0.15) is 0 Å². The number of benzene rings is 1. The minimum atomic E-state index is 0.407. The van der Waals surface area contributed by atoms with Crippen LogP contribution >= 0.6 is 0 Å². The van der Waals surface area contributed by atoms with Gasteiger partial charge in [-0.25, -0.2) is 0 Å². The molecule has 0 saturated carbocycles. The van der Waals surface area contributed by atoms with E-state index < -0.39 is 0 Å². The van der Waals surface area contributed by atoms with Crippen LogP contribution in [0.15, 0.2) is 24.3 Å². The molecule has 0 aromatic heterocycles. The van der Waals surface area contributed by atoms with E-state index in [9.17, 15) is 9.59 Å². The Labute approximate surface area is 82.7 Å². The lowest BCUT2D eigenvalue weighted by atomic mass is 10.1. The Balaban J connectivity index is 2.54. The number of aryl methyl sites for hydroxylation is 1. The average Bonchev–Trinajstić information content (AvgIpc) is 2.19. The highest BCUT2D eigenvalue weighted by Crippen LogP contribution is 2.14. The summed E-state index contributed by atoms with van der Waals surface area (Å²) >= 11 is 0. The Kier molecular flexibility index (Phi) is 4.41. The van der Waals surface area contributed by atoms with Gasteiger partial charge >= 0.3 is 0 Å². The SMILES string of the molecule is O=CCCCc1cccc(OC=O)c1. The summed E-state index contributed by atoms with van der Waals surface area (Å²) in [5.74, 6) is 0.545. The average molecular weight is 192 g/mol. The second-order valence-corrected chi connectivity index (χ2v) is 2.92. The van der Waals surface area contributed by atoms with Gasteiger partial charge in [-0.3, -0.25) is 4.79 Å². The zero-order valence-corrected chi connectivity index (χ0v) is 7.81. The van der Waals surface area contributed by atoms with Crippen LogP contribution in [0.5, 0.6) is 5.75 Å². The molecule has 1 aromatic rings. The molecule has 1 rings (SSSR count). The third-order valence-electron chi connectivity index (χ3n) is 1.87. The Morgan fingerprint density at radius 1 is 1.29 bits per heavy atom. The van der Waals surface area contributed by atoms with E-state index in [0.29, 0.717) is 18.6 Å². The van der Waals surface area contributed by atoms with Crippen molar-refractivity contribution in [1.82, 2.24) is 0 Å². The van der Waals surface area contributed by atoms with Crippen molar-refractivity contribution in [2.24, 2.45) is 0 Å². The summed E-state index contributed by atoms with van der Waals surface area (Å²) in [6.45, 7) is 0.407. The van der Waals surface area contributed by atoms with Crippen LogP contribution in [0.4, 0.5) is 0 Å². The summed E-state index contributed by atoms with van der Waals surface area (Å²) in [4.78, 5) is 20.2. The highest BCUT2D eigenvalue weighted by molar-refractivity contribution is 5.49. The molecule has 3 heteroatoms. The van der Waals surface area contributed by atoms with Gasteiger partial charge in [-0.05, 0) is 30.5 Å². The summed E-state index contributed by atoms with van der Waals surface area (Å²) in [6, 6.07) is 7.30. The lowest BCUT2D eigenvalue weighted by Gasteiger charge is -2.01. The summed E-state index contributed by atoms with van der Waals surface area (Å²) in [5, 5.41) is 0. The van der Waals surface area contributed by atoms with E-state index in [4.69, 9.17) is 4.74 Å². The largest absolute Gasteiger partial charge is 0.429 e. The van der Waals surface area contributed by atoms with Crippen molar-refractivity contribution >= 4 is 12.8 Å². The van der Waals surface area contributed by atoms with E-state index >= 15 is 0 Å². The van der Waals surface area contributed by atoms with E-state index in [1.165, 1.54) is 0 Å². The van der Waals surface area contributed by atoms with Crippen LogP contribution in [0.3, 0.4) is 0 Å². The minimum absolute atomic E-state index is 0.407. The predicted octanol–water partition coefficient (Wildman–Crippen LogP) is 1.74. The van der Waals surface area contributed by atoms with Crippen molar-refractivity contribution in [1.29, 1.82) is 0 Å². The lowest BCUT2D eigenvalue weighted by Crippen LogP contribution is -1.91. The zero-order chi connectivity index (χ0) is 10.2. The number of carbonyl (C=O) groups excluding carboxylic acids is 2.